The number of nitrogens with one attached hydrogen (secondary N) is 1. The van der Waals surface area contributed by atoms with E-state index in [4.69, 9.17) is 0 Å². The van der Waals surface area contributed by atoms with Crippen LogP contribution in [0.4, 0.5) is 0 Å². The van der Waals surface area contributed by atoms with Gasteiger partial charge in [-0.15, -0.1) is 0 Å². The van der Waals surface area contributed by atoms with Gasteiger partial charge in [-0.3, -0.25) is 0 Å². The van der Waals surface area contributed by atoms with E-state index in [0.717, 1.165) is 28.8 Å². The second-order valence-electron chi connectivity index (χ2n) is 5.85. The Hall–Kier alpha value is -2.37. The molecule has 2 aromatic carbocycles. The summed E-state index contributed by atoms with van der Waals surface area (Å²) in [6, 6.07) is 18.3. The lowest BCUT2D eigenvalue weighted by Crippen LogP contribution is -2.13. The summed E-state index contributed by atoms with van der Waals surface area (Å²) in [4.78, 5) is 0.292. The lowest BCUT2D eigenvalue weighted by Gasteiger charge is -2.12. The van der Waals surface area contributed by atoms with Gasteiger partial charge in [0.05, 0.1) is 10.6 Å². The molecule has 3 rings (SSSR count). The number of rotatable bonds is 6. The minimum Gasteiger partial charge on any atom is -0.316 e. The average molecular weight is 354 g/mol. The molecule has 3 aromatic rings. The van der Waals surface area contributed by atoms with Crippen LogP contribution in [0.25, 0.3) is 11.3 Å². The van der Waals surface area contributed by atoms with Crippen LogP contribution in [0.1, 0.15) is 18.1 Å². The summed E-state index contributed by atoms with van der Waals surface area (Å²) in [6.07, 6.45) is 2.51. The number of aromatic nitrogens is 1. The van der Waals surface area contributed by atoms with E-state index >= 15 is 0 Å². The summed E-state index contributed by atoms with van der Waals surface area (Å²) in [6.45, 7) is 2.68. The predicted molar refractivity (Wildman–Crippen MR) is 101 cm³/mol. The maximum atomic E-state index is 13.3. The molecule has 0 radical (unpaired) electrons. The van der Waals surface area contributed by atoms with Crippen LogP contribution in [-0.2, 0) is 23.0 Å². The molecule has 25 heavy (non-hydrogen) atoms. The molecule has 0 fully saturated rings. The van der Waals surface area contributed by atoms with E-state index < -0.39 is 10.0 Å². The van der Waals surface area contributed by atoms with Crippen molar-refractivity contribution >= 4 is 10.0 Å². The first-order valence-electron chi connectivity index (χ1n) is 8.33. The van der Waals surface area contributed by atoms with Crippen LogP contribution in [0.2, 0.25) is 0 Å². The van der Waals surface area contributed by atoms with Crippen LogP contribution in [0.15, 0.2) is 71.8 Å². The normalized spacial score (nSPS) is 11.6. The van der Waals surface area contributed by atoms with E-state index in [0.29, 0.717) is 11.4 Å². The SMILES string of the molecule is CCc1c(CNC)cn(S(=O)(=O)c2ccccc2)c1-c1ccccc1. The molecule has 0 saturated heterocycles. The summed E-state index contributed by atoms with van der Waals surface area (Å²) >= 11 is 0. The largest absolute Gasteiger partial charge is 0.316 e. The first-order valence-corrected chi connectivity index (χ1v) is 9.77. The standard InChI is InChI=1S/C20H22N2O2S/c1-3-19-17(14-21-2)15-22(20(19)16-10-6-4-7-11-16)25(23,24)18-12-8-5-9-13-18/h4-13,15,21H,3,14H2,1-2H3. The summed E-state index contributed by atoms with van der Waals surface area (Å²) in [5.74, 6) is 0. The molecule has 1 heterocycles. The Balaban J connectivity index is 2.29. The lowest BCUT2D eigenvalue weighted by atomic mass is 10.0. The molecular weight excluding hydrogens is 332 g/mol. The number of benzene rings is 2. The highest BCUT2D eigenvalue weighted by Crippen LogP contribution is 2.32. The molecule has 1 N–H and O–H groups in total. The zero-order valence-corrected chi connectivity index (χ0v) is 15.3. The van der Waals surface area contributed by atoms with Crippen LogP contribution in [0, 0.1) is 0 Å². The topological polar surface area (TPSA) is 51.1 Å². The second-order valence-corrected chi connectivity index (χ2v) is 7.66. The van der Waals surface area contributed by atoms with E-state index in [1.165, 1.54) is 3.97 Å². The van der Waals surface area contributed by atoms with Crippen molar-refractivity contribution in [3.05, 3.63) is 78.0 Å². The lowest BCUT2D eigenvalue weighted by molar-refractivity contribution is 0.588. The highest BCUT2D eigenvalue weighted by atomic mass is 32.2. The fourth-order valence-electron chi connectivity index (χ4n) is 3.10. The van der Waals surface area contributed by atoms with Crippen LogP contribution >= 0.6 is 0 Å². The van der Waals surface area contributed by atoms with Crippen LogP contribution in [0.5, 0.6) is 0 Å². The van der Waals surface area contributed by atoms with Crippen molar-refractivity contribution in [3.8, 4) is 11.3 Å². The Morgan fingerprint density at radius 1 is 0.960 bits per heavy atom. The monoisotopic (exact) mass is 354 g/mol. The zero-order valence-electron chi connectivity index (χ0n) is 14.4. The van der Waals surface area contributed by atoms with Crippen molar-refractivity contribution in [2.45, 2.75) is 24.8 Å². The second kappa shape index (κ2) is 7.25. The van der Waals surface area contributed by atoms with Gasteiger partial charge in [-0.05, 0) is 42.3 Å². The van der Waals surface area contributed by atoms with Crippen LogP contribution in [-0.4, -0.2) is 19.4 Å². The third kappa shape index (κ3) is 3.25. The van der Waals surface area contributed by atoms with Crippen molar-refractivity contribution in [1.82, 2.24) is 9.29 Å². The molecular formula is C20H22N2O2S. The fourth-order valence-corrected chi connectivity index (χ4v) is 4.55. The molecule has 0 unspecified atom stereocenters. The predicted octanol–water partition coefficient (Wildman–Crippen LogP) is 3.67. The van der Waals surface area contributed by atoms with Gasteiger partial charge in [-0.2, -0.15) is 0 Å². The van der Waals surface area contributed by atoms with Crippen molar-refractivity contribution in [3.63, 3.8) is 0 Å². The summed E-state index contributed by atoms with van der Waals surface area (Å²) < 4.78 is 27.9. The van der Waals surface area contributed by atoms with Gasteiger partial charge >= 0.3 is 0 Å². The molecule has 4 nitrogen and oxygen atoms in total. The Morgan fingerprint density at radius 3 is 2.12 bits per heavy atom. The minimum atomic E-state index is -3.66. The van der Waals surface area contributed by atoms with Crippen LogP contribution in [0.3, 0.4) is 0 Å². The molecule has 1 aromatic heterocycles. The minimum absolute atomic E-state index is 0.292. The first kappa shape index (κ1) is 17.5. The van der Waals surface area contributed by atoms with E-state index in [-0.39, 0.29) is 0 Å². The molecule has 130 valence electrons. The maximum absolute atomic E-state index is 13.3. The van der Waals surface area contributed by atoms with Gasteiger partial charge in [0.25, 0.3) is 10.0 Å². The molecule has 0 spiro atoms. The first-order chi connectivity index (χ1) is 12.1. The van der Waals surface area contributed by atoms with Gasteiger partial charge in [0.2, 0.25) is 0 Å². The molecule has 5 heteroatoms. The highest BCUT2D eigenvalue weighted by Gasteiger charge is 2.25. The highest BCUT2D eigenvalue weighted by molar-refractivity contribution is 7.90. The fraction of sp³-hybridized carbons (Fsp3) is 0.200. The average Bonchev–Trinajstić information content (AvgIpc) is 3.02. The third-order valence-electron chi connectivity index (χ3n) is 4.23. The summed E-state index contributed by atoms with van der Waals surface area (Å²) in [5.41, 5.74) is 3.71. The number of nitrogens with zero attached hydrogens (tertiary/aromatic N) is 1. The van der Waals surface area contributed by atoms with Gasteiger partial charge in [0.15, 0.2) is 0 Å². The maximum Gasteiger partial charge on any atom is 0.268 e. The van der Waals surface area contributed by atoms with Crippen molar-refractivity contribution in [2.75, 3.05) is 7.05 Å². The summed E-state index contributed by atoms with van der Waals surface area (Å²) in [5, 5.41) is 3.13. The van der Waals surface area contributed by atoms with Gasteiger partial charge in [0.1, 0.15) is 0 Å². The quantitative estimate of drug-likeness (QED) is 0.735. The molecule has 0 bridgehead atoms. The van der Waals surface area contributed by atoms with Gasteiger partial charge in [0, 0.05) is 12.7 Å². The molecule has 0 aliphatic heterocycles. The Kier molecular flexibility index (Phi) is 5.06. The van der Waals surface area contributed by atoms with Crippen molar-refractivity contribution in [2.24, 2.45) is 0 Å². The van der Waals surface area contributed by atoms with Crippen molar-refractivity contribution < 1.29 is 8.42 Å². The van der Waals surface area contributed by atoms with E-state index in [9.17, 15) is 8.42 Å². The van der Waals surface area contributed by atoms with Crippen molar-refractivity contribution in [1.29, 1.82) is 0 Å². The van der Waals surface area contributed by atoms with E-state index in [2.05, 4.69) is 12.2 Å². The van der Waals surface area contributed by atoms with Gasteiger partial charge in [-0.1, -0.05) is 55.5 Å². The van der Waals surface area contributed by atoms with E-state index in [1.807, 2.05) is 43.4 Å². The molecule has 0 saturated carbocycles. The molecule has 0 aliphatic rings. The number of hydrogen-bond acceptors (Lipinski definition) is 3. The molecule has 0 atom stereocenters. The Bertz CT molecular complexity index is 946. The van der Waals surface area contributed by atoms with E-state index in [1.54, 1.807) is 30.5 Å². The molecule has 0 amide bonds. The Labute approximate surface area is 149 Å². The third-order valence-corrected chi connectivity index (χ3v) is 5.91. The van der Waals surface area contributed by atoms with Crippen LogP contribution < -0.4 is 5.32 Å². The number of hydrogen-bond donors (Lipinski definition) is 1. The van der Waals surface area contributed by atoms with Gasteiger partial charge < -0.3 is 5.32 Å². The zero-order chi connectivity index (χ0) is 17.9. The van der Waals surface area contributed by atoms with Gasteiger partial charge in [-0.25, -0.2) is 12.4 Å². The molecule has 0 aliphatic carbocycles. The summed E-state index contributed by atoms with van der Waals surface area (Å²) in [7, 11) is -1.79. The smallest absolute Gasteiger partial charge is 0.268 e. The Morgan fingerprint density at radius 2 is 1.56 bits per heavy atom.